The van der Waals surface area contributed by atoms with Crippen molar-refractivity contribution in [3.8, 4) is 0 Å². The average Bonchev–Trinajstić information content (AvgIpc) is 2.97. The molecule has 3 N–H and O–H groups in total. The molecule has 1 atom stereocenters. The molecule has 18 heavy (non-hydrogen) atoms. The molecule has 1 aliphatic heterocycles. The van der Waals surface area contributed by atoms with E-state index in [9.17, 15) is 4.79 Å². The second-order valence-corrected chi connectivity index (χ2v) is 4.76. The Bertz CT molecular complexity index is 611. The molecule has 1 unspecified atom stereocenters. The standard InChI is InChI=1S/C13H16N4O/c1-17-10-4-2-3-9(12(14)18)11(10)16-13(17)8-5-6-15-7-8/h2-4,8,15H,5-7H2,1H3,(H2,14,18). The lowest BCUT2D eigenvalue weighted by Crippen LogP contribution is -2.11. The van der Waals surface area contributed by atoms with Crippen LogP contribution in [-0.2, 0) is 7.05 Å². The van der Waals surface area contributed by atoms with Crippen LogP contribution < -0.4 is 11.1 Å². The minimum absolute atomic E-state index is 0.420. The van der Waals surface area contributed by atoms with Crippen LogP contribution in [-0.4, -0.2) is 28.5 Å². The number of fused-ring (bicyclic) bond motifs is 1. The first-order valence-corrected chi connectivity index (χ1v) is 6.14. The van der Waals surface area contributed by atoms with Gasteiger partial charge in [0.15, 0.2) is 0 Å². The van der Waals surface area contributed by atoms with Gasteiger partial charge >= 0.3 is 0 Å². The monoisotopic (exact) mass is 244 g/mol. The van der Waals surface area contributed by atoms with Gasteiger partial charge in [-0.05, 0) is 25.1 Å². The summed E-state index contributed by atoms with van der Waals surface area (Å²) in [5, 5.41) is 3.33. The van der Waals surface area contributed by atoms with E-state index in [-0.39, 0.29) is 0 Å². The molecular weight excluding hydrogens is 228 g/mol. The van der Waals surface area contributed by atoms with Crippen LogP contribution in [0, 0.1) is 0 Å². The third-order valence-corrected chi connectivity index (χ3v) is 3.64. The summed E-state index contributed by atoms with van der Waals surface area (Å²) in [6.07, 6.45) is 1.09. The van der Waals surface area contributed by atoms with Crippen LogP contribution in [0.2, 0.25) is 0 Å². The molecule has 1 aromatic heterocycles. The zero-order valence-corrected chi connectivity index (χ0v) is 10.3. The highest BCUT2D eigenvalue weighted by atomic mass is 16.1. The molecule has 0 spiro atoms. The smallest absolute Gasteiger partial charge is 0.250 e. The molecular formula is C13H16N4O. The van der Waals surface area contributed by atoms with Gasteiger partial charge < -0.3 is 15.6 Å². The molecule has 2 heterocycles. The van der Waals surface area contributed by atoms with Crippen molar-refractivity contribution in [2.75, 3.05) is 13.1 Å². The number of aryl methyl sites for hydroxylation is 1. The molecule has 94 valence electrons. The fourth-order valence-corrected chi connectivity index (χ4v) is 2.67. The molecule has 0 aliphatic carbocycles. The number of primary amides is 1. The SMILES string of the molecule is Cn1c(C2CCNC2)nc2c(C(N)=O)cccc21. The Morgan fingerprint density at radius 1 is 1.56 bits per heavy atom. The summed E-state index contributed by atoms with van der Waals surface area (Å²) < 4.78 is 2.07. The molecule has 0 saturated carbocycles. The lowest BCUT2D eigenvalue weighted by molar-refractivity contribution is 0.100. The van der Waals surface area contributed by atoms with Gasteiger partial charge in [-0.25, -0.2) is 4.98 Å². The van der Waals surface area contributed by atoms with E-state index in [1.165, 1.54) is 0 Å². The maximum absolute atomic E-state index is 11.4. The number of carbonyl (C=O) groups is 1. The van der Waals surface area contributed by atoms with E-state index in [1.54, 1.807) is 6.07 Å². The summed E-state index contributed by atoms with van der Waals surface area (Å²) in [6.45, 7) is 1.97. The average molecular weight is 244 g/mol. The molecule has 0 radical (unpaired) electrons. The minimum atomic E-state index is -0.421. The number of para-hydroxylation sites is 1. The van der Waals surface area contributed by atoms with E-state index < -0.39 is 5.91 Å². The zero-order chi connectivity index (χ0) is 12.7. The van der Waals surface area contributed by atoms with Gasteiger partial charge in [-0.1, -0.05) is 6.07 Å². The van der Waals surface area contributed by atoms with E-state index in [0.717, 1.165) is 36.4 Å². The number of carbonyl (C=O) groups excluding carboxylic acids is 1. The molecule has 5 heteroatoms. The van der Waals surface area contributed by atoms with Crippen molar-refractivity contribution in [1.29, 1.82) is 0 Å². The predicted octanol–water partition coefficient (Wildman–Crippen LogP) is 0.749. The second kappa shape index (κ2) is 4.10. The van der Waals surface area contributed by atoms with Gasteiger partial charge in [0.2, 0.25) is 0 Å². The van der Waals surface area contributed by atoms with Crippen molar-refractivity contribution in [2.45, 2.75) is 12.3 Å². The van der Waals surface area contributed by atoms with Crippen LogP contribution in [0.1, 0.15) is 28.5 Å². The summed E-state index contributed by atoms with van der Waals surface area (Å²) in [6, 6.07) is 5.55. The van der Waals surface area contributed by atoms with Crippen LogP contribution in [0.15, 0.2) is 18.2 Å². The number of amides is 1. The number of aromatic nitrogens is 2. The summed E-state index contributed by atoms with van der Waals surface area (Å²) >= 11 is 0. The van der Waals surface area contributed by atoms with Crippen LogP contribution >= 0.6 is 0 Å². The molecule has 2 aromatic rings. The highest BCUT2D eigenvalue weighted by Crippen LogP contribution is 2.26. The number of nitrogens with two attached hydrogens (primary N) is 1. The van der Waals surface area contributed by atoms with Gasteiger partial charge in [0.25, 0.3) is 5.91 Å². The zero-order valence-electron chi connectivity index (χ0n) is 10.3. The second-order valence-electron chi connectivity index (χ2n) is 4.76. The van der Waals surface area contributed by atoms with E-state index in [0.29, 0.717) is 11.5 Å². The molecule has 1 aromatic carbocycles. The van der Waals surface area contributed by atoms with Crippen molar-refractivity contribution in [2.24, 2.45) is 12.8 Å². The van der Waals surface area contributed by atoms with Gasteiger partial charge in [-0.15, -0.1) is 0 Å². The number of nitrogens with one attached hydrogen (secondary N) is 1. The number of hydrogen-bond acceptors (Lipinski definition) is 3. The first-order chi connectivity index (χ1) is 8.68. The molecule has 3 rings (SSSR count). The number of nitrogens with zero attached hydrogens (tertiary/aromatic N) is 2. The van der Waals surface area contributed by atoms with Crippen molar-refractivity contribution >= 4 is 16.9 Å². The van der Waals surface area contributed by atoms with Gasteiger partial charge in [0, 0.05) is 19.5 Å². The number of hydrogen-bond donors (Lipinski definition) is 2. The van der Waals surface area contributed by atoms with E-state index >= 15 is 0 Å². The topological polar surface area (TPSA) is 72.9 Å². The van der Waals surface area contributed by atoms with Crippen LogP contribution in [0.3, 0.4) is 0 Å². The van der Waals surface area contributed by atoms with Crippen molar-refractivity contribution < 1.29 is 4.79 Å². The van der Waals surface area contributed by atoms with Gasteiger partial charge in [0.1, 0.15) is 11.3 Å². The molecule has 1 amide bonds. The Balaban J connectivity index is 2.20. The Labute approximate surface area is 105 Å². The third-order valence-electron chi connectivity index (χ3n) is 3.64. The van der Waals surface area contributed by atoms with Crippen molar-refractivity contribution in [3.05, 3.63) is 29.6 Å². The number of rotatable bonds is 2. The number of imidazole rings is 1. The van der Waals surface area contributed by atoms with Crippen molar-refractivity contribution in [3.63, 3.8) is 0 Å². The highest BCUT2D eigenvalue weighted by molar-refractivity contribution is 6.04. The predicted molar refractivity (Wildman–Crippen MR) is 69.5 cm³/mol. The maximum atomic E-state index is 11.4. The molecule has 0 bridgehead atoms. The molecule has 5 nitrogen and oxygen atoms in total. The number of benzene rings is 1. The van der Waals surface area contributed by atoms with Crippen LogP contribution in [0.4, 0.5) is 0 Å². The third kappa shape index (κ3) is 1.59. The Kier molecular flexibility index (Phi) is 2.56. The van der Waals surface area contributed by atoms with E-state index in [4.69, 9.17) is 5.73 Å². The molecule has 1 saturated heterocycles. The fraction of sp³-hybridized carbons (Fsp3) is 0.385. The molecule has 1 aliphatic rings. The van der Waals surface area contributed by atoms with E-state index in [1.807, 2.05) is 19.2 Å². The summed E-state index contributed by atoms with van der Waals surface area (Å²) in [4.78, 5) is 16.1. The van der Waals surface area contributed by atoms with Gasteiger partial charge in [-0.2, -0.15) is 0 Å². The molecule has 1 fully saturated rings. The Morgan fingerprint density at radius 3 is 3.06 bits per heavy atom. The van der Waals surface area contributed by atoms with E-state index in [2.05, 4.69) is 14.9 Å². The van der Waals surface area contributed by atoms with Crippen LogP contribution in [0.5, 0.6) is 0 Å². The first-order valence-electron chi connectivity index (χ1n) is 6.14. The van der Waals surface area contributed by atoms with Crippen LogP contribution in [0.25, 0.3) is 11.0 Å². The van der Waals surface area contributed by atoms with Gasteiger partial charge in [0.05, 0.1) is 11.1 Å². The minimum Gasteiger partial charge on any atom is -0.366 e. The summed E-state index contributed by atoms with van der Waals surface area (Å²) in [5.74, 6) is 1.03. The quantitative estimate of drug-likeness (QED) is 0.818. The summed E-state index contributed by atoms with van der Waals surface area (Å²) in [5.41, 5.74) is 7.58. The lowest BCUT2D eigenvalue weighted by atomic mass is 10.1. The van der Waals surface area contributed by atoms with Crippen molar-refractivity contribution in [1.82, 2.24) is 14.9 Å². The maximum Gasteiger partial charge on any atom is 0.250 e. The largest absolute Gasteiger partial charge is 0.366 e. The highest BCUT2D eigenvalue weighted by Gasteiger charge is 2.23. The van der Waals surface area contributed by atoms with Gasteiger partial charge in [-0.3, -0.25) is 4.79 Å². The summed E-state index contributed by atoms with van der Waals surface area (Å²) in [7, 11) is 1.99. The lowest BCUT2D eigenvalue weighted by Gasteiger charge is -2.07. The first kappa shape index (κ1) is 11.2. The Morgan fingerprint density at radius 2 is 2.39 bits per heavy atom. The fourth-order valence-electron chi connectivity index (χ4n) is 2.67. The normalized spacial score (nSPS) is 19.5. The Hall–Kier alpha value is -1.88.